The summed E-state index contributed by atoms with van der Waals surface area (Å²) < 4.78 is 8.12. The summed E-state index contributed by atoms with van der Waals surface area (Å²) in [6, 6.07) is 12.6. The minimum atomic E-state index is -0.0784. The van der Waals surface area contributed by atoms with Crippen LogP contribution in [0.1, 0.15) is 34.7 Å². The van der Waals surface area contributed by atoms with Crippen LogP contribution in [0.2, 0.25) is 0 Å². The van der Waals surface area contributed by atoms with Crippen LogP contribution < -0.4 is 5.32 Å². The molecule has 0 aliphatic carbocycles. The molecule has 0 saturated heterocycles. The zero-order chi connectivity index (χ0) is 19.0. The number of benzene rings is 1. The van der Waals surface area contributed by atoms with Crippen LogP contribution in [0.3, 0.4) is 0 Å². The molecule has 2 aromatic heterocycles. The van der Waals surface area contributed by atoms with Gasteiger partial charge in [-0.25, -0.2) is 4.98 Å². The molecule has 0 fully saturated rings. The maximum absolute atomic E-state index is 9.39. The lowest BCUT2D eigenvalue weighted by Crippen LogP contribution is -2.35. The topological polar surface area (TPSA) is 58.8 Å². The van der Waals surface area contributed by atoms with Crippen molar-refractivity contribution in [2.45, 2.75) is 31.2 Å². The smallest absolute Gasteiger partial charge is 0.161 e. The first-order valence-electron chi connectivity index (χ1n) is 9.20. The Morgan fingerprint density at radius 3 is 2.70 bits per heavy atom. The van der Waals surface area contributed by atoms with Crippen molar-refractivity contribution in [3.8, 4) is 0 Å². The van der Waals surface area contributed by atoms with Gasteiger partial charge in [0.2, 0.25) is 0 Å². The third-order valence-electron chi connectivity index (χ3n) is 5.35. The average molecular weight is 384 g/mol. The SMILES string of the molecule is COC1c2ccn3c(C)c(C)nc3c2NC(c2ccccc2)C1SCCO. The number of imidazole rings is 1. The minimum Gasteiger partial charge on any atom is -0.396 e. The second-order valence-corrected chi connectivity index (χ2v) is 8.16. The van der Waals surface area contributed by atoms with E-state index in [9.17, 15) is 5.11 Å². The number of aliphatic hydroxyl groups excluding tert-OH is 1. The second-order valence-electron chi connectivity index (χ2n) is 6.87. The minimum absolute atomic E-state index is 0.0729. The van der Waals surface area contributed by atoms with Gasteiger partial charge < -0.3 is 19.6 Å². The van der Waals surface area contributed by atoms with Crippen molar-refractivity contribution in [2.24, 2.45) is 0 Å². The highest BCUT2D eigenvalue weighted by molar-refractivity contribution is 8.00. The van der Waals surface area contributed by atoms with E-state index in [4.69, 9.17) is 9.72 Å². The number of anilines is 1. The van der Waals surface area contributed by atoms with Gasteiger partial charge in [-0.1, -0.05) is 30.3 Å². The molecule has 1 aliphatic rings. The number of hydrogen-bond acceptors (Lipinski definition) is 5. The van der Waals surface area contributed by atoms with Crippen LogP contribution in [-0.2, 0) is 4.74 Å². The van der Waals surface area contributed by atoms with Gasteiger partial charge in [0.05, 0.1) is 35.4 Å². The molecule has 1 aliphatic heterocycles. The molecule has 142 valence electrons. The number of thioether (sulfide) groups is 1. The molecule has 3 unspecified atom stereocenters. The van der Waals surface area contributed by atoms with E-state index in [0.717, 1.165) is 28.3 Å². The molecule has 2 N–H and O–H groups in total. The Balaban J connectivity index is 1.88. The van der Waals surface area contributed by atoms with Crippen molar-refractivity contribution in [3.63, 3.8) is 0 Å². The van der Waals surface area contributed by atoms with Gasteiger partial charge in [0.25, 0.3) is 0 Å². The van der Waals surface area contributed by atoms with Crippen molar-refractivity contribution in [1.29, 1.82) is 0 Å². The molecule has 27 heavy (non-hydrogen) atoms. The van der Waals surface area contributed by atoms with Gasteiger partial charge >= 0.3 is 0 Å². The summed E-state index contributed by atoms with van der Waals surface area (Å²) in [7, 11) is 1.76. The molecule has 1 aromatic carbocycles. The van der Waals surface area contributed by atoms with Crippen molar-refractivity contribution in [1.82, 2.24) is 9.38 Å². The third kappa shape index (κ3) is 3.12. The first-order chi connectivity index (χ1) is 13.2. The summed E-state index contributed by atoms with van der Waals surface area (Å²) in [5.41, 5.74) is 6.50. The summed E-state index contributed by atoms with van der Waals surface area (Å²) in [5.74, 6) is 0.675. The zero-order valence-electron chi connectivity index (χ0n) is 15.8. The predicted molar refractivity (Wildman–Crippen MR) is 111 cm³/mol. The molecule has 0 amide bonds. The average Bonchev–Trinajstić information content (AvgIpc) is 3.00. The van der Waals surface area contributed by atoms with E-state index in [2.05, 4.69) is 53.2 Å². The molecule has 3 heterocycles. The van der Waals surface area contributed by atoms with Crippen LogP contribution in [0.4, 0.5) is 5.69 Å². The summed E-state index contributed by atoms with van der Waals surface area (Å²) in [6.45, 7) is 4.29. The fourth-order valence-corrected chi connectivity index (χ4v) is 5.12. The van der Waals surface area contributed by atoms with E-state index < -0.39 is 0 Å². The fraction of sp³-hybridized carbons (Fsp3) is 0.381. The maximum Gasteiger partial charge on any atom is 0.161 e. The Morgan fingerprint density at radius 1 is 1.22 bits per heavy atom. The summed E-state index contributed by atoms with van der Waals surface area (Å²) in [5, 5.41) is 13.3. The van der Waals surface area contributed by atoms with E-state index in [0.29, 0.717) is 5.75 Å². The number of methoxy groups -OCH3 is 1. The lowest BCUT2D eigenvalue weighted by Gasteiger charge is -2.40. The highest BCUT2D eigenvalue weighted by Crippen LogP contribution is 2.47. The van der Waals surface area contributed by atoms with Gasteiger partial charge in [0.15, 0.2) is 5.65 Å². The molecule has 3 aromatic rings. The third-order valence-corrected chi connectivity index (χ3v) is 6.67. The zero-order valence-corrected chi connectivity index (χ0v) is 16.7. The van der Waals surface area contributed by atoms with Crippen molar-refractivity contribution >= 4 is 23.1 Å². The largest absolute Gasteiger partial charge is 0.396 e. The Bertz CT molecular complexity index is 941. The molecular weight excluding hydrogens is 358 g/mol. The molecule has 0 saturated carbocycles. The Morgan fingerprint density at radius 2 is 2.00 bits per heavy atom. The number of aryl methyl sites for hydroxylation is 2. The monoisotopic (exact) mass is 383 g/mol. The van der Waals surface area contributed by atoms with E-state index in [1.165, 1.54) is 5.56 Å². The number of fused-ring (bicyclic) bond motifs is 3. The lowest BCUT2D eigenvalue weighted by molar-refractivity contribution is 0.0933. The van der Waals surface area contributed by atoms with Crippen LogP contribution >= 0.6 is 11.8 Å². The molecular formula is C21H25N3O2S. The molecule has 4 rings (SSSR count). The van der Waals surface area contributed by atoms with Gasteiger partial charge in [-0.15, -0.1) is 0 Å². The highest BCUT2D eigenvalue weighted by Gasteiger charge is 2.39. The van der Waals surface area contributed by atoms with Gasteiger partial charge in [0.1, 0.15) is 0 Å². The van der Waals surface area contributed by atoms with Crippen molar-refractivity contribution < 1.29 is 9.84 Å². The molecule has 0 bridgehead atoms. The van der Waals surface area contributed by atoms with Crippen molar-refractivity contribution in [2.75, 3.05) is 24.8 Å². The van der Waals surface area contributed by atoms with E-state index in [1.807, 2.05) is 13.0 Å². The van der Waals surface area contributed by atoms with Gasteiger partial charge in [0, 0.05) is 30.3 Å². The van der Waals surface area contributed by atoms with Crippen LogP contribution in [0.25, 0.3) is 5.65 Å². The molecule has 0 spiro atoms. The van der Waals surface area contributed by atoms with Crippen LogP contribution in [0.15, 0.2) is 42.6 Å². The number of aromatic nitrogens is 2. The molecule has 6 heteroatoms. The number of nitrogens with one attached hydrogen (secondary N) is 1. The number of hydrogen-bond donors (Lipinski definition) is 2. The highest BCUT2D eigenvalue weighted by atomic mass is 32.2. The lowest BCUT2D eigenvalue weighted by atomic mass is 9.91. The standard InChI is InChI=1S/C21H25N3O2S/c1-13-14(2)24-10-9-16-18(21(24)22-13)23-17(15-7-5-4-6-8-15)20(19(16)26-3)27-12-11-25/h4-10,17,19-20,23,25H,11-12H2,1-3H3. The number of pyridine rings is 1. The summed E-state index contributed by atoms with van der Waals surface area (Å²) in [4.78, 5) is 4.81. The van der Waals surface area contributed by atoms with Crippen LogP contribution in [0, 0.1) is 13.8 Å². The Hall–Kier alpha value is -2.02. The van der Waals surface area contributed by atoms with E-state index >= 15 is 0 Å². The number of nitrogens with zero attached hydrogens (tertiary/aromatic N) is 2. The van der Waals surface area contributed by atoms with E-state index in [-0.39, 0.29) is 24.0 Å². The molecule has 5 nitrogen and oxygen atoms in total. The Labute approximate surface area is 163 Å². The number of rotatable bonds is 5. The molecule has 0 radical (unpaired) electrons. The van der Waals surface area contributed by atoms with Crippen LogP contribution in [0.5, 0.6) is 0 Å². The number of ether oxygens (including phenoxy) is 1. The quantitative estimate of drug-likeness (QED) is 0.700. The normalized spacial score (nSPS) is 21.9. The maximum atomic E-state index is 9.39. The second kappa shape index (κ2) is 7.54. The summed E-state index contributed by atoms with van der Waals surface area (Å²) >= 11 is 1.75. The van der Waals surface area contributed by atoms with Crippen molar-refractivity contribution in [3.05, 3.63) is 65.1 Å². The number of aliphatic hydroxyl groups is 1. The van der Waals surface area contributed by atoms with Gasteiger partial charge in [-0.05, 0) is 25.5 Å². The van der Waals surface area contributed by atoms with E-state index in [1.54, 1.807) is 18.9 Å². The first kappa shape index (κ1) is 18.3. The predicted octanol–water partition coefficient (Wildman–Crippen LogP) is 3.90. The van der Waals surface area contributed by atoms with Gasteiger partial charge in [-0.3, -0.25) is 0 Å². The van der Waals surface area contributed by atoms with Gasteiger partial charge in [-0.2, -0.15) is 11.8 Å². The Kier molecular flexibility index (Phi) is 5.12. The first-order valence-corrected chi connectivity index (χ1v) is 10.3. The fourth-order valence-electron chi connectivity index (χ4n) is 3.89. The summed E-state index contributed by atoms with van der Waals surface area (Å²) in [6.07, 6.45) is 2.00. The van der Waals surface area contributed by atoms with Crippen LogP contribution in [-0.4, -0.2) is 39.2 Å². The molecule has 3 atom stereocenters.